The van der Waals surface area contributed by atoms with Gasteiger partial charge < -0.3 is 21.3 Å². The normalized spacial score (nSPS) is 36.6. The van der Waals surface area contributed by atoms with Crippen LogP contribution < -0.4 is 16.4 Å². The van der Waals surface area contributed by atoms with Crippen molar-refractivity contribution in [2.24, 2.45) is 63.4 Å². The maximum Gasteiger partial charge on any atom is 0.221 e. The van der Waals surface area contributed by atoms with E-state index in [9.17, 15) is 9.59 Å². The molecule has 0 spiro atoms. The van der Waals surface area contributed by atoms with Crippen LogP contribution in [0.2, 0.25) is 0 Å². The molecule has 4 aliphatic rings. The molecule has 0 saturated heterocycles. The lowest BCUT2D eigenvalue weighted by Crippen LogP contribution is -2.64. The lowest BCUT2D eigenvalue weighted by Gasteiger charge is -2.68. The number of carbonyl (C=O) groups is 2. The summed E-state index contributed by atoms with van der Waals surface area (Å²) >= 11 is 0. The molecule has 8 unspecified atom stereocenters. The molecule has 4 N–H and O–H groups in total. The van der Waals surface area contributed by atoms with Crippen molar-refractivity contribution in [3.8, 4) is 0 Å². The highest BCUT2D eigenvalue weighted by molar-refractivity contribution is 5.80. The summed E-state index contributed by atoms with van der Waals surface area (Å²) in [6, 6.07) is 0. The first kappa shape index (κ1) is 45.2. The molecule has 4 fully saturated rings. The molecular weight excluding hydrogens is 617 g/mol. The van der Waals surface area contributed by atoms with Crippen molar-refractivity contribution >= 4 is 11.7 Å². The van der Waals surface area contributed by atoms with Crippen LogP contribution in [0.25, 0.3) is 0 Å². The lowest BCUT2D eigenvalue weighted by molar-refractivity contribution is -0.191. The third kappa shape index (κ3) is 9.57. The number of Topliss-reactive ketones (excluding diaryl/α,β-unsaturated/α-hetero) is 1. The van der Waals surface area contributed by atoms with Crippen LogP contribution in [0, 0.1) is 57.7 Å². The van der Waals surface area contributed by atoms with E-state index in [0.29, 0.717) is 24.3 Å². The van der Waals surface area contributed by atoms with Crippen molar-refractivity contribution < 1.29 is 9.59 Å². The number of rotatable bonds is 15. The van der Waals surface area contributed by atoms with E-state index in [1.165, 1.54) is 51.4 Å². The summed E-state index contributed by atoms with van der Waals surface area (Å²) in [5, 5.41) is 6.50. The van der Waals surface area contributed by atoms with Crippen LogP contribution in [-0.2, 0) is 9.59 Å². The van der Waals surface area contributed by atoms with E-state index >= 15 is 0 Å². The Morgan fingerprint density at radius 3 is 2.06 bits per heavy atom. The zero-order valence-corrected chi connectivity index (χ0v) is 35.6. The third-order valence-corrected chi connectivity index (χ3v) is 15.0. The first-order chi connectivity index (χ1) is 23.6. The SMILES string of the molecule is CC.CCCC(C)C.CCCN(CCNC)CCNC(=O)CC1(N)C(C(CC)C(C)=O)CC2(C)C1CCC1C3(C)CCC[C@@H](C)C3CC[C@@]12C. The van der Waals surface area contributed by atoms with Crippen LogP contribution >= 0.6 is 0 Å². The number of ketones is 1. The maximum absolute atomic E-state index is 13.7. The molecule has 294 valence electrons. The maximum atomic E-state index is 13.7. The summed E-state index contributed by atoms with van der Waals surface area (Å²) in [6.07, 6.45) is 14.9. The predicted molar refractivity (Wildman–Crippen MR) is 215 cm³/mol. The smallest absolute Gasteiger partial charge is 0.221 e. The number of fused-ring (bicyclic) bond motifs is 5. The Labute approximate surface area is 311 Å². The molecular formula is C44H86N4O2. The van der Waals surface area contributed by atoms with Gasteiger partial charge in [0.15, 0.2) is 0 Å². The average molecular weight is 703 g/mol. The molecule has 6 nitrogen and oxygen atoms in total. The molecule has 0 aromatic carbocycles. The minimum atomic E-state index is -0.647. The minimum absolute atomic E-state index is 0.0399. The lowest BCUT2D eigenvalue weighted by atomic mass is 9.37. The van der Waals surface area contributed by atoms with Crippen molar-refractivity contribution in [3.05, 3.63) is 0 Å². The first-order valence-electron chi connectivity index (χ1n) is 21.5. The molecule has 50 heavy (non-hydrogen) atoms. The van der Waals surface area contributed by atoms with E-state index in [2.05, 4.69) is 77.8 Å². The van der Waals surface area contributed by atoms with Gasteiger partial charge in [0.25, 0.3) is 0 Å². The van der Waals surface area contributed by atoms with Crippen molar-refractivity contribution in [1.82, 2.24) is 15.5 Å². The van der Waals surface area contributed by atoms with E-state index < -0.39 is 5.54 Å². The number of carbonyl (C=O) groups excluding carboxylic acids is 2. The molecule has 4 saturated carbocycles. The summed E-state index contributed by atoms with van der Waals surface area (Å²) < 4.78 is 0. The zero-order chi connectivity index (χ0) is 37.9. The van der Waals surface area contributed by atoms with Gasteiger partial charge in [0.05, 0.1) is 0 Å². The van der Waals surface area contributed by atoms with Gasteiger partial charge in [-0.3, -0.25) is 9.59 Å². The molecule has 4 rings (SSSR count). The van der Waals surface area contributed by atoms with Gasteiger partial charge >= 0.3 is 0 Å². The largest absolute Gasteiger partial charge is 0.355 e. The predicted octanol–water partition coefficient (Wildman–Crippen LogP) is 9.50. The average Bonchev–Trinajstić information content (AvgIpc) is 3.28. The van der Waals surface area contributed by atoms with Crippen molar-refractivity contribution in [3.63, 3.8) is 0 Å². The molecule has 0 radical (unpaired) electrons. The number of nitrogens with zero attached hydrogens (tertiary/aromatic N) is 1. The second-order valence-electron chi connectivity index (χ2n) is 18.2. The Hall–Kier alpha value is -0.980. The molecule has 0 aliphatic heterocycles. The Morgan fingerprint density at radius 1 is 0.880 bits per heavy atom. The van der Waals surface area contributed by atoms with Crippen LogP contribution in [0.5, 0.6) is 0 Å². The number of nitrogens with two attached hydrogens (primary N) is 1. The van der Waals surface area contributed by atoms with Gasteiger partial charge in [0, 0.05) is 44.1 Å². The highest BCUT2D eigenvalue weighted by Gasteiger charge is 2.71. The quantitative estimate of drug-likeness (QED) is 0.158. The zero-order valence-electron chi connectivity index (χ0n) is 35.6. The fourth-order valence-electron chi connectivity index (χ4n) is 12.6. The van der Waals surface area contributed by atoms with E-state index in [-0.39, 0.29) is 40.3 Å². The Kier molecular flexibility index (Phi) is 18.0. The molecule has 4 aliphatic carbocycles. The van der Waals surface area contributed by atoms with Gasteiger partial charge in [0.2, 0.25) is 5.91 Å². The molecule has 6 heteroatoms. The molecule has 0 aromatic rings. The van der Waals surface area contributed by atoms with E-state index in [1.54, 1.807) is 6.92 Å². The first-order valence-corrected chi connectivity index (χ1v) is 21.5. The second-order valence-corrected chi connectivity index (χ2v) is 18.2. The van der Waals surface area contributed by atoms with E-state index in [1.807, 2.05) is 20.9 Å². The third-order valence-electron chi connectivity index (χ3n) is 15.0. The molecule has 0 aromatic heterocycles. The Bertz CT molecular complexity index is 1030. The molecule has 1 amide bonds. The van der Waals surface area contributed by atoms with Crippen LogP contribution in [0.1, 0.15) is 167 Å². The number of hydrogen-bond donors (Lipinski definition) is 3. The standard InChI is InChI=1S/C36H66N4O2.C6H14.C2H6/c1-9-20-40(21-18-38-8)22-19-39-32(42)24-36(37)29(27(10-2)26(4)41)23-35(7)31(36)14-13-30-33(5)16-11-12-25(3)28(33)15-17-34(30,35)6;1-4-5-6(2)3;1-2/h25,27-31,38H,9-24,37H2,1-8H3,(H,39,42);6H,4-5H2,1-3H3;1-2H3/t25-,27?,28?,29?,30?,31?,33?,34+,35?,36?;;/m1../s1. The van der Waals surface area contributed by atoms with Crippen LogP contribution in [0.4, 0.5) is 0 Å². The van der Waals surface area contributed by atoms with Gasteiger partial charge in [-0.05, 0) is 124 Å². The molecule has 0 bridgehead atoms. The fourth-order valence-corrected chi connectivity index (χ4v) is 12.6. The monoisotopic (exact) mass is 703 g/mol. The van der Waals surface area contributed by atoms with Crippen molar-refractivity contribution in [2.75, 3.05) is 39.8 Å². The fraction of sp³-hybridized carbons (Fsp3) is 0.955. The highest BCUT2D eigenvalue weighted by atomic mass is 16.1. The van der Waals surface area contributed by atoms with Gasteiger partial charge in [-0.1, -0.05) is 102 Å². The van der Waals surface area contributed by atoms with Crippen LogP contribution in [0.3, 0.4) is 0 Å². The van der Waals surface area contributed by atoms with Crippen LogP contribution in [-0.4, -0.2) is 61.9 Å². The summed E-state index contributed by atoms with van der Waals surface area (Å²) in [7, 11) is 1.98. The number of hydrogen-bond acceptors (Lipinski definition) is 5. The van der Waals surface area contributed by atoms with Gasteiger partial charge in [-0.25, -0.2) is 0 Å². The molecule has 10 atom stereocenters. The van der Waals surface area contributed by atoms with E-state index in [0.717, 1.165) is 69.6 Å². The Balaban J connectivity index is 0.000000979. The topological polar surface area (TPSA) is 87.5 Å². The minimum Gasteiger partial charge on any atom is -0.355 e. The van der Waals surface area contributed by atoms with E-state index in [4.69, 9.17) is 5.73 Å². The number of amides is 1. The second kappa shape index (κ2) is 19.9. The van der Waals surface area contributed by atoms with Crippen molar-refractivity contribution in [2.45, 2.75) is 172 Å². The Morgan fingerprint density at radius 2 is 1.52 bits per heavy atom. The highest BCUT2D eigenvalue weighted by Crippen LogP contribution is 2.76. The summed E-state index contributed by atoms with van der Waals surface area (Å²) in [5.74, 6) is 3.81. The number of nitrogens with one attached hydrogen (secondary N) is 2. The van der Waals surface area contributed by atoms with Gasteiger partial charge in [-0.2, -0.15) is 0 Å². The summed E-state index contributed by atoms with van der Waals surface area (Å²) in [5.41, 5.74) is 7.62. The van der Waals surface area contributed by atoms with Gasteiger partial charge in [-0.15, -0.1) is 0 Å². The summed E-state index contributed by atoms with van der Waals surface area (Å²) in [6.45, 7) is 31.6. The summed E-state index contributed by atoms with van der Waals surface area (Å²) in [4.78, 5) is 29.2. The van der Waals surface area contributed by atoms with Crippen LogP contribution in [0.15, 0.2) is 0 Å². The molecule has 0 heterocycles. The number of likely N-dealkylation sites (N-methyl/N-ethyl adjacent to an activating group) is 1. The van der Waals surface area contributed by atoms with Crippen molar-refractivity contribution in [1.29, 1.82) is 0 Å². The van der Waals surface area contributed by atoms with Gasteiger partial charge in [0.1, 0.15) is 5.78 Å².